The van der Waals surface area contributed by atoms with Gasteiger partial charge >= 0.3 is 0 Å². The Labute approximate surface area is 379 Å². The lowest BCUT2D eigenvalue weighted by atomic mass is 9.81. The zero-order valence-corrected chi connectivity index (χ0v) is 40.7. The first-order chi connectivity index (χ1) is 29.0. The molecule has 0 fully saturated rings. The summed E-state index contributed by atoms with van der Waals surface area (Å²) in [7, 11) is 0. The van der Waals surface area contributed by atoms with E-state index < -0.39 is 0 Å². The van der Waals surface area contributed by atoms with Crippen molar-refractivity contribution in [1.82, 2.24) is 9.13 Å². The Morgan fingerprint density at radius 1 is 0.500 bits per heavy atom. The number of aromatic nitrogens is 2. The molecule has 2 aliphatic rings. The number of halogens is 2. The summed E-state index contributed by atoms with van der Waals surface area (Å²) in [6, 6.07) is 32.6. The quantitative estimate of drug-likeness (QED) is 0.0862. The van der Waals surface area contributed by atoms with Crippen LogP contribution in [-0.2, 0) is 25.7 Å². The predicted octanol–water partition coefficient (Wildman–Crippen LogP) is 17.5. The number of fused-ring (bicyclic) bond motifs is 6. The molecule has 318 valence electrons. The van der Waals surface area contributed by atoms with Crippen molar-refractivity contribution >= 4 is 53.7 Å². The van der Waals surface area contributed by atoms with Crippen LogP contribution in [-0.4, -0.2) is 9.13 Å². The fourth-order valence-corrected chi connectivity index (χ4v) is 11.7. The van der Waals surface area contributed by atoms with Crippen molar-refractivity contribution in [3.05, 3.63) is 116 Å². The molecule has 6 aromatic rings. The van der Waals surface area contributed by atoms with Gasteiger partial charge in [-0.1, -0.05) is 161 Å². The van der Waals surface area contributed by atoms with E-state index in [2.05, 4.69) is 167 Å². The van der Waals surface area contributed by atoms with Crippen LogP contribution in [0.15, 0.2) is 93.9 Å². The molecule has 2 heterocycles. The maximum atomic E-state index is 3.82. The van der Waals surface area contributed by atoms with E-state index in [0.29, 0.717) is 0 Å². The molecule has 0 bridgehead atoms. The van der Waals surface area contributed by atoms with Gasteiger partial charge in [-0.2, -0.15) is 0 Å². The topological polar surface area (TPSA) is 9.86 Å². The second-order valence-corrected chi connectivity index (χ2v) is 22.0. The zero-order chi connectivity index (χ0) is 41.9. The van der Waals surface area contributed by atoms with Gasteiger partial charge in [0.2, 0.25) is 0 Å². The van der Waals surface area contributed by atoms with Crippen LogP contribution in [0.25, 0.3) is 44.3 Å². The van der Waals surface area contributed by atoms with Gasteiger partial charge in [-0.3, -0.25) is 0 Å². The van der Waals surface area contributed by atoms with Crippen LogP contribution in [0.2, 0.25) is 0 Å². The molecule has 4 unspecified atom stereocenters. The molecule has 8 rings (SSSR count). The monoisotopic (exact) mass is 928 g/mol. The maximum absolute atomic E-state index is 3.82. The normalized spacial score (nSPS) is 17.8. The Hall–Kier alpha value is -3.08. The van der Waals surface area contributed by atoms with Crippen LogP contribution < -0.4 is 0 Å². The molecule has 0 saturated carbocycles. The highest BCUT2D eigenvalue weighted by Gasteiger charge is 2.28. The minimum absolute atomic E-state index is 0.787. The highest BCUT2D eigenvalue weighted by atomic mass is 79.9. The molecule has 60 heavy (non-hydrogen) atoms. The minimum Gasteiger partial charge on any atom is -0.313 e. The van der Waals surface area contributed by atoms with Crippen LogP contribution in [0.5, 0.6) is 0 Å². The standard InChI is InChI=1S/C56H70Br2N2/c1-37(2)9-7-11-39(5)13-15-41-17-31-53-51(33-41)49-29-23-45(57)35-55(49)59(53)47-25-19-43(20-26-47)44-21-27-48(28-22-44)60-54-32-18-42(16-14-40(6)12-8-10-38(3)4)34-52(54)50-30-24-46(58)36-56(50)60/h19-30,35-42H,7-18,31-34H2,1-6H3. The van der Waals surface area contributed by atoms with Gasteiger partial charge in [-0.05, 0) is 158 Å². The first kappa shape index (κ1) is 43.6. The van der Waals surface area contributed by atoms with E-state index in [4.69, 9.17) is 0 Å². The average Bonchev–Trinajstić information content (AvgIpc) is 3.72. The first-order valence-electron chi connectivity index (χ1n) is 23.9. The molecule has 0 N–H and O–H groups in total. The predicted molar refractivity (Wildman–Crippen MR) is 266 cm³/mol. The number of nitrogens with zero attached hydrogens (tertiary/aromatic N) is 2. The molecule has 4 heteroatoms. The summed E-state index contributed by atoms with van der Waals surface area (Å²) >= 11 is 7.64. The van der Waals surface area contributed by atoms with Crippen molar-refractivity contribution in [3.63, 3.8) is 0 Å². The summed E-state index contributed by atoms with van der Waals surface area (Å²) in [5.74, 6) is 4.88. The van der Waals surface area contributed by atoms with E-state index in [9.17, 15) is 0 Å². The third kappa shape index (κ3) is 9.91. The van der Waals surface area contributed by atoms with E-state index in [1.807, 2.05) is 0 Å². The van der Waals surface area contributed by atoms with E-state index >= 15 is 0 Å². The lowest BCUT2D eigenvalue weighted by molar-refractivity contribution is 0.353. The van der Waals surface area contributed by atoms with Crippen molar-refractivity contribution in [2.75, 3.05) is 0 Å². The lowest BCUT2D eigenvalue weighted by Gasteiger charge is -2.25. The summed E-state index contributed by atoms with van der Waals surface area (Å²) in [6.45, 7) is 14.4. The Morgan fingerprint density at radius 2 is 0.900 bits per heavy atom. The summed E-state index contributed by atoms with van der Waals surface area (Å²) in [5.41, 5.74) is 14.0. The minimum atomic E-state index is 0.787. The number of benzene rings is 4. The molecule has 2 aromatic heterocycles. The average molecular weight is 931 g/mol. The van der Waals surface area contributed by atoms with Gasteiger partial charge in [0.25, 0.3) is 0 Å². The second-order valence-electron chi connectivity index (χ2n) is 20.2. The van der Waals surface area contributed by atoms with Gasteiger partial charge in [-0.25, -0.2) is 0 Å². The molecule has 0 aliphatic heterocycles. The van der Waals surface area contributed by atoms with E-state index in [1.54, 1.807) is 11.1 Å². The number of hydrogen-bond donors (Lipinski definition) is 0. The molecule has 0 radical (unpaired) electrons. The molecule has 0 spiro atoms. The van der Waals surface area contributed by atoms with Crippen molar-refractivity contribution in [2.24, 2.45) is 35.5 Å². The van der Waals surface area contributed by atoms with Crippen LogP contribution in [0.4, 0.5) is 0 Å². The molecule has 0 saturated heterocycles. The molecule has 4 aromatic carbocycles. The molecular weight excluding hydrogens is 860 g/mol. The summed E-state index contributed by atoms with van der Waals surface area (Å²) in [6.07, 6.45) is 21.0. The van der Waals surface area contributed by atoms with Gasteiger partial charge in [0, 0.05) is 42.5 Å². The number of hydrogen-bond acceptors (Lipinski definition) is 0. The number of rotatable bonds is 17. The van der Waals surface area contributed by atoms with Crippen LogP contribution >= 0.6 is 31.9 Å². The van der Waals surface area contributed by atoms with Gasteiger partial charge < -0.3 is 9.13 Å². The highest BCUT2D eigenvalue weighted by molar-refractivity contribution is 9.10. The van der Waals surface area contributed by atoms with Crippen molar-refractivity contribution < 1.29 is 0 Å². The third-order valence-electron chi connectivity index (χ3n) is 14.5. The second kappa shape index (κ2) is 19.5. The molecule has 2 nitrogen and oxygen atoms in total. The summed E-state index contributed by atoms with van der Waals surface area (Å²) in [5, 5.41) is 2.87. The van der Waals surface area contributed by atoms with Crippen molar-refractivity contribution in [2.45, 2.75) is 144 Å². The van der Waals surface area contributed by atoms with Crippen LogP contribution in [0.1, 0.15) is 141 Å². The van der Waals surface area contributed by atoms with E-state index in [-0.39, 0.29) is 0 Å². The molecular formula is C56H70Br2N2. The Bertz CT molecular complexity index is 2190. The molecule has 4 atom stereocenters. The van der Waals surface area contributed by atoms with E-state index in [1.165, 1.54) is 146 Å². The Morgan fingerprint density at radius 3 is 1.28 bits per heavy atom. The SMILES string of the molecule is CC(C)CCCC(C)CCC1CCc2c(c3ccc(Br)cc3n2-c2ccc(-c3ccc(-n4c5c(c6ccc(Br)cc64)CC(CCC(C)CCCC(C)C)CC5)cc3)cc2)C1. The fraction of sp³-hybridized carbons (Fsp3) is 0.500. The largest absolute Gasteiger partial charge is 0.313 e. The van der Waals surface area contributed by atoms with Crippen molar-refractivity contribution in [1.29, 1.82) is 0 Å². The van der Waals surface area contributed by atoms with E-state index in [0.717, 1.165) is 57.3 Å². The van der Waals surface area contributed by atoms with Crippen LogP contribution in [0, 0.1) is 35.5 Å². The third-order valence-corrected chi connectivity index (χ3v) is 15.5. The lowest BCUT2D eigenvalue weighted by Crippen LogP contribution is -2.16. The highest BCUT2D eigenvalue weighted by Crippen LogP contribution is 2.42. The van der Waals surface area contributed by atoms with Gasteiger partial charge in [0.1, 0.15) is 0 Å². The van der Waals surface area contributed by atoms with Gasteiger partial charge in [0.15, 0.2) is 0 Å². The molecule has 2 aliphatic carbocycles. The van der Waals surface area contributed by atoms with Gasteiger partial charge in [0.05, 0.1) is 11.0 Å². The van der Waals surface area contributed by atoms with Crippen molar-refractivity contribution in [3.8, 4) is 22.5 Å². The maximum Gasteiger partial charge on any atom is 0.0545 e. The Balaban J connectivity index is 0.986. The van der Waals surface area contributed by atoms with Gasteiger partial charge in [-0.15, -0.1) is 0 Å². The summed E-state index contributed by atoms with van der Waals surface area (Å²) in [4.78, 5) is 0. The first-order valence-corrected chi connectivity index (χ1v) is 25.5. The Kier molecular flexibility index (Phi) is 14.2. The smallest absolute Gasteiger partial charge is 0.0545 e. The molecule has 0 amide bonds. The van der Waals surface area contributed by atoms with Crippen LogP contribution in [0.3, 0.4) is 0 Å². The zero-order valence-electron chi connectivity index (χ0n) is 37.5. The fourth-order valence-electron chi connectivity index (χ4n) is 11.0. The summed E-state index contributed by atoms with van der Waals surface area (Å²) < 4.78 is 7.45.